The van der Waals surface area contributed by atoms with Gasteiger partial charge in [-0.05, 0) is 25.2 Å². The van der Waals surface area contributed by atoms with Gasteiger partial charge >= 0.3 is 0 Å². The minimum atomic E-state index is -0.479. The normalized spacial score (nSPS) is 40.5. The van der Waals surface area contributed by atoms with E-state index in [1.165, 1.54) is 31.0 Å². The molecule has 3 aliphatic rings. The molecule has 0 radical (unpaired) electrons. The zero-order valence-electron chi connectivity index (χ0n) is 9.96. The maximum Gasteiger partial charge on any atom is 0.138 e. The standard InChI is InChI=1S/C14H18NOP/c1-2-6-13(7-3-1)17-15-12(10-16-17)9-11-5-4-8-14(11)15/h1-3,6-7,11-12,14H,4-5,8-10H2/t11-,12-,14-,17+/m1/s1. The van der Waals surface area contributed by atoms with Crippen LogP contribution in [0.5, 0.6) is 0 Å². The van der Waals surface area contributed by atoms with Crippen molar-refractivity contribution in [2.75, 3.05) is 6.61 Å². The molecule has 0 spiro atoms. The first-order chi connectivity index (χ1) is 8.43. The number of hydrogen-bond donors (Lipinski definition) is 0. The zero-order valence-corrected chi connectivity index (χ0v) is 10.9. The van der Waals surface area contributed by atoms with Gasteiger partial charge in [-0.25, -0.2) is 4.67 Å². The quantitative estimate of drug-likeness (QED) is 0.707. The number of fused-ring (bicyclic) bond motifs is 3. The van der Waals surface area contributed by atoms with Crippen LogP contribution in [0.2, 0.25) is 0 Å². The Hall–Kier alpha value is -0.430. The second-order valence-corrected chi connectivity index (χ2v) is 7.21. The monoisotopic (exact) mass is 247 g/mol. The molecule has 2 heterocycles. The third-order valence-corrected chi connectivity index (χ3v) is 6.66. The Labute approximate surface area is 104 Å². The number of hydrogen-bond acceptors (Lipinski definition) is 2. The fourth-order valence-electron chi connectivity index (χ4n) is 3.78. The Balaban J connectivity index is 1.65. The van der Waals surface area contributed by atoms with Gasteiger partial charge in [0, 0.05) is 17.4 Å². The van der Waals surface area contributed by atoms with E-state index >= 15 is 0 Å². The van der Waals surface area contributed by atoms with Crippen LogP contribution in [0.15, 0.2) is 30.3 Å². The van der Waals surface area contributed by atoms with Crippen LogP contribution in [0.4, 0.5) is 0 Å². The van der Waals surface area contributed by atoms with E-state index in [0.29, 0.717) is 0 Å². The number of rotatable bonds is 1. The van der Waals surface area contributed by atoms with Gasteiger partial charge in [-0.2, -0.15) is 0 Å². The zero-order chi connectivity index (χ0) is 11.2. The van der Waals surface area contributed by atoms with Crippen molar-refractivity contribution >= 4 is 13.6 Å². The summed E-state index contributed by atoms with van der Waals surface area (Å²) in [5, 5.41) is 1.40. The summed E-state index contributed by atoms with van der Waals surface area (Å²) in [5.74, 6) is 0.970. The molecule has 0 aromatic heterocycles. The predicted molar refractivity (Wildman–Crippen MR) is 70.3 cm³/mol. The van der Waals surface area contributed by atoms with Crippen molar-refractivity contribution in [2.45, 2.75) is 37.8 Å². The molecule has 0 amide bonds. The van der Waals surface area contributed by atoms with Crippen LogP contribution in [0, 0.1) is 5.92 Å². The van der Waals surface area contributed by atoms with Crippen LogP contribution in [0.25, 0.3) is 0 Å². The topological polar surface area (TPSA) is 12.5 Å². The molecule has 1 saturated carbocycles. The number of nitrogens with zero attached hydrogens (tertiary/aromatic N) is 1. The average Bonchev–Trinajstić information content (AvgIpc) is 3.00. The van der Waals surface area contributed by atoms with Crippen molar-refractivity contribution in [3.8, 4) is 0 Å². The molecule has 3 fully saturated rings. The molecule has 1 aromatic carbocycles. The summed E-state index contributed by atoms with van der Waals surface area (Å²) in [6.07, 6.45) is 5.67. The Bertz CT molecular complexity index is 410. The molecular formula is C14H18NOP. The lowest BCUT2D eigenvalue weighted by Gasteiger charge is -2.27. The van der Waals surface area contributed by atoms with E-state index in [2.05, 4.69) is 35.0 Å². The van der Waals surface area contributed by atoms with Crippen LogP contribution in [0.3, 0.4) is 0 Å². The van der Waals surface area contributed by atoms with Gasteiger partial charge in [-0.1, -0.05) is 36.8 Å². The molecule has 4 atom stereocenters. The highest BCUT2D eigenvalue weighted by molar-refractivity contribution is 7.58. The summed E-state index contributed by atoms with van der Waals surface area (Å²) >= 11 is 0. The number of benzene rings is 1. The molecule has 2 nitrogen and oxygen atoms in total. The summed E-state index contributed by atoms with van der Waals surface area (Å²) < 4.78 is 8.84. The first-order valence-electron chi connectivity index (χ1n) is 6.70. The summed E-state index contributed by atoms with van der Waals surface area (Å²) in [4.78, 5) is 0. The molecule has 17 heavy (non-hydrogen) atoms. The van der Waals surface area contributed by atoms with Gasteiger partial charge in [0.05, 0.1) is 6.61 Å². The molecule has 90 valence electrons. The van der Waals surface area contributed by atoms with Crippen LogP contribution >= 0.6 is 8.30 Å². The van der Waals surface area contributed by atoms with Crippen molar-refractivity contribution in [3.05, 3.63) is 30.3 Å². The first-order valence-corrected chi connectivity index (χ1v) is 7.91. The van der Waals surface area contributed by atoms with Crippen molar-refractivity contribution in [2.24, 2.45) is 5.92 Å². The van der Waals surface area contributed by atoms with Gasteiger partial charge in [0.1, 0.15) is 8.30 Å². The Morgan fingerprint density at radius 2 is 2.06 bits per heavy atom. The van der Waals surface area contributed by atoms with Crippen molar-refractivity contribution in [3.63, 3.8) is 0 Å². The minimum absolute atomic E-state index is 0.479. The summed E-state index contributed by atoms with van der Waals surface area (Å²) in [5.41, 5.74) is 0. The lowest BCUT2D eigenvalue weighted by Crippen LogP contribution is -2.30. The second-order valence-electron chi connectivity index (χ2n) is 5.43. The maximum atomic E-state index is 6.10. The van der Waals surface area contributed by atoms with E-state index in [1.54, 1.807) is 0 Å². The van der Waals surface area contributed by atoms with Crippen LogP contribution in [0.1, 0.15) is 25.7 Å². The van der Waals surface area contributed by atoms with Crippen LogP contribution in [-0.4, -0.2) is 23.4 Å². The summed E-state index contributed by atoms with van der Waals surface area (Å²) in [6.45, 7) is 0.966. The molecule has 3 heteroatoms. The molecule has 1 aliphatic carbocycles. The minimum Gasteiger partial charge on any atom is -0.338 e. The van der Waals surface area contributed by atoms with Crippen LogP contribution in [-0.2, 0) is 4.52 Å². The van der Waals surface area contributed by atoms with Gasteiger partial charge < -0.3 is 4.52 Å². The van der Waals surface area contributed by atoms with E-state index in [4.69, 9.17) is 4.52 Å². The SMILES string of the molecule is c1ccc([P@]2OC[C@H]3C[C@H]4CCC[C@H]4N32)cc1. The Morgan fingerprint density at radius 3 is 2.94 bits per heavy atom. The van der Waals surface area contributed by atoms with E-state index in [-0.39, 0.29) is 0 Å². The first kappa shape index (κ1) is 10.5. The predicted octanol–water partition coefficient (Wildman–Crippen LogP) is 2.90. The second kappa shape index (κ2) is 4.05. The third-order valence-electron chi connectivity index (χ3n) is 4.48. The highest BCUT2D eigenvalue weighted by Crippen LogP contribution is 2.58. The molecule has 4 rings (SSSR count). The van der Waals surface area contributed by atoms with Crippen molar-refractivity contribution in [1.82, 2.24) is 4.67 Å². The van der Waals surface area contributed by atoms with E-state index in [1.807, 2.05) is 0 Å². The van der Waals surface area contributed by atoms with Gasteiger partial charge in [0.25, 0.3) is 0 Å². The summed E-state index contributed by atoms with van der Waals surface area (Å²) in [7, 11) is -0.479. The van der Waals surface area contributed by atoms with E-state index in [9.17, 15) is 0 Å². The molecule has 0 N–H and O–H groups in total. The van der Waals surface area contributed by atoms with Gasteiger partial charge in [-0.15, -0.1) is 0 Å². The molecule has 0 bridgehead atoms. The van der Waals surface area contributed by atoms with Gasteiger partial charge in [-0.3, -0.25) is 0 Å². The van der Waals surface area contributed by atoms with E-state index in [0.717, 1.165) is 24.6 Å². The molecule has 1 aromatic rings. The van der Waals surface area contributed by atoms with Crippen molar-refractivity contribution < 1.29 is 4.52 Å². The smallest absolute Gasteiger partial charge is 0.138 e. The molecule has 2 saturated heterocycles. The van der Waals surface area contributed by atoms with E-state index < -0.39 is 8.30 Å². The molecule has 0 unspecified atom stereocenters. The van der Waals surface area contributed by atoms with Crippen LogP contribution < -0.4 is 5.30 Å². The van der Waals surface area contributed by atoms with Gasteiger partial charge in [0.2, 0.25) is 0 Å². The fourth-order valence-corrected chi connectivity index (χ4v) is 6.10. The van der Waals surface area contributed by atoms with Gasteiger partial charge in [0.15, 0.2) is 0 Å². The highest BCUT2D eigenvalue weighted by atomic mass is 31.2. The Kier molecular flexibility index (Phi) is 2.50. The fraction of sp³-hybridized carbons (Fsp3) is 0.571. The van der Waals surface area contributed by atoms with Crippen molar-refractivity contribution in [1.29, 1.82) is 0 Å². The molecule has 2 aliphatic heterocycles. The Morgan fingerprint density at radius 1 is 1.18 bits per heavy atom. The average molecular weight is 247 g/mol. The largest absolute Gasteiger partial charge is 0.338 e. The molecular weight excluding hydrogens is 229 g/mol. The third kappa shape index (κ3) is 1.58. The lowest BCUT2D eigenvalue weighted by molar-refractivity contribution is 0.324. The lowest BCUT2D eigenvalue weighted by atomic mass is 10.0. The summed E-state index contributed by atoms with van der Waals surface area (Å²) in [6, 6.07) is 12.4. The highest BCUT2D eigenvalue weighted by Gasteiger charge is 2.50. The maximum absolute atomic E-state index is 6.10.